The largest absolute Gasteiger partial charge is 0.481 e. The van der Waals surface area contributed by atoms with E-state index in [0.29, 0.717) is 16.6 Å². The maximum Gasteiger partial charge on any atom is 0.411 e. The van der Waals surface area contributed by atoms with Crippen molar-refractivity contribution in [1.82, 2.24) is 0 Å². The van der Waals surface area contributed by atoms with Gasteiger partial charge < -0.3 is 14.3 Å². The van der Waals surface area contributed by atoms with Crippen LogP contribution in [0.5, 0.6) is 0 Å². The van der Waals surface area contributed by atoms with Crippen LogP contribution < -0.4 is 10.9 Å². The summed E-state index contributed by atoms with van der Waals surface area (Å²) >= 11 is 0. The number of benzene rings is 3. The van der Waals surface area contributed by atoms with E-state index in [1.54, 1.807) is 19.1 Å². The summed E-state index contributed by atoms with van der Waals surface area (Å²) in [4.78, 5) is 35.8. The Kier molecular flexibility index (Phi) is 5.37. The fourth-order valence-corrected chi connectivity index (χ4v) is 4.58. The number of nitrogens with one attached hydrogen (secondary N) is 1. The standard InChI is InChI=1S/C27H21NO6/c1-15-17-11-10-16(12-24(17)34-26(31)22(15)13-25(29)30)28-27(32)33-14-23-20-8-4-2-6-18(20)19-7-3-5-9-21(19)23/h2-12,23H,13-14H2,1H3,(H,28,32)(H,29,30). The van der Waals surface area contributed by atoms with Crippen molar-refractivity contribution in [3.05, 3.63) is 99.4 Å². The number of rotatable bonds is 5. The van der Waals surface area contributed by atoms with E-state index < -0.39 is 24.1 Å². The second kappa shape index (κ2) is 8.51. The van der Waals surface area contributed by atoms with E-state index in [0.717, 1.165) is 22.3 Å². The van der Waals surface area contributed by atoms with Gasteiger partial charge in [-0.2, -0.15) is 0 Å². The third-order valence-corrected chi connectivity index (χ3v) is 6.21. The van der Waals surface area contributed by atoms with Gasteiger partial charge in [-0.05, 0) is 46.9 Å². The van der Waals surface area contributed by atoms with Crippen molar-refractivity contribution in [3.8, 4) is 11.1 Å². The number of carboxylic acid groups (broad SMARTS) is 1. The van der Waals surface area contributed by atoms with Crippen LogP contribution in [0.4, 0.5) is 10.5 Å². The lowest BCUT2D eigenvalue weighted by Gasteiger charge is -2.15. The molecule has 1 aliphatic carbocycles. The molecule has 0 fully saturated rings. The zero-order valence-electron chi connectivity index (χ0n) is 18.3. The number of hydrogen-bond acceptors (Lipinski definition) is 5. The molecule has 0 radical (unpaired) electrons. The number of amides is 1. The van der Waals surface area contributed by atoms with Gasteiger partial charge in [0.25, 0.3) is 0 Å². The maximum atomic E-state index is 12.5. The highest BCUT2D eigenvalue weighted by Crippen LogP contribution is 2.44. The summed E-state index contributed by atoms with van der Waals surface area (Å²) in [5.41, 5.74) is 5.15. The summed E-state index contributed by atoms with van der Waals surface area (Å²) in [5.74, 6) is -1.16. The number of ether oxygens (including phenoxy) is 1. The molecule has 1 aliphatic rings. The van der Waals surface area contributed by atoms with Gasteiger partial charge in [-0.25, -0.2) is 9.59 Å². The Morgan fingerprint density at radius 1 is 1.00 bits per heavy atom. The van der Waals surface area contributed by atoms with E-state index in [-0.39, 0.29) is 23.7 Å². The van der Waals surface area contributed by atoms with Crippen LogP contribution >= 0.6 is 0 Å². The van der Waals surface area contributed by atoms with Gasteiger partial charge in [-0.3, -0.25) is 10.1 Å². The molecular formula is C27H21NO6. The fraction of sp³-hybridized carbons (Fsp3) is 0.148. The highest BCUT2D eigenvalue weighted by molar-refractivity contribution is 5.90. The van der Waals surface area contributed by atoms with Crippen LogP contribution in [-0.4, -0.2) is 23.8 Å². The lowest BCUT2D eigenvalue weighted by atomic mass is 9.98. The predicted molar refractivity (Wildman–Crippen MR) is 127 cm³/mol. The van der Waals surface area contributed by atoms with Crippen LogP contribution in [0.25, 0.3) is 22.1 Å². The Morgan fingerprint density at radius 3 is 2.29 bits per heavy atom. The molecule has 7 heteroatoms. The first-order valence-corrected chi connectivity index (χ1v) is 10.8. The minimum Gasteiger partial charge on any atom is -0.481 e. The SMILES string of the molecule is Cc1c(CC(=O)O)c(=O)oc2cc(NC(=O)OCC3c4ccccc4-c4ccccc43)ccc12. The molecule has 0 bridgehead atoms. The number of carbonyl (C=O) groups is 2. The molecule has 0 saturated carbocycles. The van der Waals surface area contributed by atoms with E-state index in [1.165, 1.54) is 6.07 Å². The monoisotopic (exact) mass is 455 g/mol. The third kappa shape index (κ3) is 3.81. The Hall–Kier alpha value is -4.39. The summed E-state index contributed by atoms with van der Waals surface area (Å²) in [7, 11) is 0. The molecule has 4 aromatic rings. The van der Waals surface area contributed by atoms with E-state index in [1.807, 2.05) is 36.4 Å². The number of aliphatic carboxylic acids is 1. The Labute approximate surface area is 194 Å². The van der Waals surface area contributed by atoms with Gasteiger partial charge in [0.15, 0.2) is 0 Å². The smallest absolute Gasteiger partial charge is 0.411 e. The first-order chi connectivity index (χ1) is 16.4. The molecule has 0 saturated heterocycles. The normalized spacial score (nSPS) is 12.3. The zero-order valence-corrected chi connectivity index (χ0v) is 18.3. The molecule has 0 atom stereocenters. The van der Waals surface area contributed by atoms with Gasteiger partial charge in [0.2, 0.25) is 0 Å². The first-order valence-electron chi connectivity index (χ1n) is 10.8. The number of fused-ring (bicyclic) bond motifs is 4. The maximum absolute atomic E-state index is 12.5. The third-order valence-electron chi connectivity index (χ3n) is 6.21. The van der Waals surface area contributed by atoms with Gasteiger partial charge in [0, 0.05) is 23.1 Å². The van der Waals surface area contributed by atoms with Gasteiger partial charge >= 0.3 is 17.7 Å². The summed E-state index contributed by atoms with van der Waals surface area (Å²) in [5, 5.41) is 12.3. The molecular weight excluding hydrogens is 434 g/mol. The average Bonchev–Trinajstić information content (AvgIpc) is 3.14. The van der Waals surface area contributed by atoms with Crippen molar-refractivity contribution in [3.63, 3.8) is 0 Å². The van der Waals surface area contributed by atoms with Crippen LogP contribution in [0.1, 0.15) is 28.2 Å². The van der Waals surface area contributed by atoms with Crippen molar-refractivity contribution >= 4 is 28.7 Å². The van der Waals surface area contributed by atoms with Crippen molar-refractivity contribution in [2.75, 3.05) is 11.9 Å². The topological polar surface area (TPSA) is 106 Å². The predicted octanol–water partition coefficient (Wildman–Crippen LogP) is 5.09. The molecule has 5 rings (SSSR count). The van der Waals surface area contributed by atoms with Crippen LogP contribution in [0.2, 0.25) is 0 Å². The van der Waals surface area contributed by atoms with E-state index in [9.17, 15) is 14.4 Å². The summed E-state index contributed by atoms with van der Waals surface area (Å²) in [6, 6.07) is 21.0. The minimum absolute atomic E-state index is 0.0527. The highest BCUT2D eigenvalue weighted by atomic mass is 16.5. The van der Waals surface area contributed by atoms with Gasteiger partial charge in [0.05, 0.1) is 12.0 Å². The zero-order chi connectivity index (χ0) is 23.8. The van der Waals surface area contributed by atoms with Crippen LogP contribution in [-0.2, 0) is 16.0 Å². The number of hydrogen-bond donors (Lipinski definition) is 2. The van der Waals surface area contributed by atoms with Crippen molar-refractivity contribution in [1.29, 1.82) is 0 Å². The molecule has 1 amide bonds. The second-order valence-corrected chi connectivity index (χ2v) is 8.23. The molecule has 7 nitrogen and oxygen atoms in total. The number of aryl methyl sites for hydroxylation is 1. The lowest BCUT2D eigenvalue weighted by Crippen LogP contribution is -2.18. The van der Waals surface area contributed by atoms with Crippen molar-refractivity contribution < 1.29 is 23.8 Å². The minimum atomic E-state index is -1.11. The Balaban J connectivity index is 1.33. The van der Waals surface area contributed by atoms with E-state index in [4.69, 9.17) is 14.3 Å². The summed E-state index contributed by atoms with van der Waals surface area (Å²) in [6.07, 6.45) is -1.04. The van der Waals surface area contributed by atoms with E-state index in [2.05, 4.69) is 17.4 Å². The quantitative estimate of drug-likeness (QED) is 0.406. The van der Waals surface area contributed by atoms with Gasteiger partial charge in [0.1, 0.15) is 12.2 Å². The molecule has 170 valence electrons. The summed E-state index contributed by atoms with van der Waals surface area (Å²) in [6.45, 7) is 1.86. The molecule has 1 aromatic heterocycles. The molecule has 2 N–H and O–H groups in total. The summed E-state index contributed by atoms with van der Waals surface area (Å²) < 4.78 is 10.9. The molecule has 34 heavy (non-hydrogen) atoms. The Bertz CT molecular complexity index is 1460. The van der Waals surface area contributed by atoms with E-state index >= 15 is 0 Å². The molecule has 0 spiro atoms. The number of carboxylic acids is 1. The van der Waals surface area contributed by atoms with Crippen molar-refractivity contribution in [2.24, 2.45) is 0 Å². The Morgan fingerprint density at radius 2 is 1.65 bits per heavy atom. The van der Waals surface area contributed by atoms with Crippen LogP contribution in [0, 0.1) is 6.92 Å². The molecule has 0 aliphatic heterocycles. The molecule has 3 aromatic carbocycles. The fourth-order valence-electron chi connectivity index (χ4n) is 4.58. The van der Waals surface area contributed by atoms with Gasteiger partial charge in [-0.1, -0.05) is 48.5 Å². The number of anilines is 1. The van der Waals surface area contributed by atoms with Crippen LogP contribution in [0.3, 0.4) is 0 Å². The van der Waals surface area contributed by atoms with Crippen LogP contribution in [0.15, 0.2) is 75.9 Å². The van der Waals surface area contributed by atoms with Crippen molar-refractivity contribution in [2.45, 2.75) is 19.3 Å². The molecule has 0 unspecified atom stereocenters. The first kappa shape index (κ1) is 21.5. The van der Waals surface area contributed by atoms with Gasteiger partial charge in [-0.15, -0.1) is 0 Å². The number of carbonyl (C=O) groups excluding carboxylic acids is 1. The highest BCUT2D eigenvalue weighted by Gasteiger charge is 2.29. The second-order valence-electron chi connectivity index (χ2n) is 8.23. The molecule has 1 heterocycles. The average molecular weight is 455 g/mol. The lowest BCUT2D eigenvalue weighted by molar-refractivity contribution is -0.136.